The van der Waals surface area contributed by atoms with Crippen LogP contribution in [0, 0.1) is 0 Å². The van der Waals surface area contributed by atoms with Crippen LogP contribution in [0.15, 0.2) is 18.3 Å². The summed E-state index contributed by atoms with van der Waals surface area (Å²) in [5.74, 6) is 1.25. The van der Waals surface area contributed by atoms with Crippen molar-refractivity contribution in [1.29, 1.82) is 0 Å². The van der Waals surface area contributed by atoms with E-state index in [9.17, 15) is 0 Å². The van der Waals surface area contributed by atoms with Crippen LogP contribution in [0.4, 0.5) is 5.82 Å². The van der Waals surface area contributed by atoms with Crippen LogP contribution in [-0.4, -0.2) is 46.9 Å². The number of hydrogen-bond acceptors (Lipinski definition) is 3. The van der Waals surface area contributed by atoms with Gasteiger partial charge in [0.15, 0.2) is 0 Å². The number of nitrogens with zero attached hydrogens (tertiary/aromatic N) is 2. The van der Waals surface area contributed by atoms with Crippen LogP contribution < -0.4 is 14.6 Å². The van der Waals surface area contributed by atoms with Gasteiger partial charge in [-0.05, 0) is 0 Å². The van der Waals surface area contributed by atoms with Gasteiger partial charge in [-0.15, -0.1) is 0 Å². The number of hydrogen-bond donors (Lipinski definition) is 1. The second-order valence-electron chi connectivity index (χ2n) is 4.41. The predicted octanol–water partition coefficient (Wildman–Crippen LogP) is 0.381. The zero-order valence-electron chi connectivity index (χ0n) is 10.0. The van der Waals surface area contributed by atoms with E-state index in [-0.39, 0.29) is 15.8 Å². The van der Waals surface area contributed by atoms with Crippen molar-refractivity contribution in [1.82, 2.24) is 10.3 Å². The maximum atomic E-state index is 4.58. The number of nitrogens with one attached hydrogen (secondary N) is 1. The number of aromatic nitrogens is 1. The van der Waals surface area contributed by atoms with Crippen molar-refractivity contribution in [2.24, 2.45) is 0 Å². The molecule has 88 valence electrons. The molecule has 1 unspecified atom stereocenters. The third-order valence-corrected chi connectivity index (χ3v) is 5.33. The van der Waals surface area contributed by atoms with Gasteiger partial charge in [-0.25, -0.2) is 0 Å². The summed E-state index contributed by atoms with van der Waals surface area (Å²) in [5.41, 5.74) is 0. The Hall–Kier alpha value is -0.532. The fourth-order valence-electron chi connectivity index (χ4n) is 1.95. The Kier molecular flexibility index (Phi) is 4.25. The average molecular weight is 281 g/mol. The first kappa shape index (κ1) is 11.9. The molecular formula is C12H20AsN3. The Morgan fingerprint density at radius 3 is 2.81 bits per heavy atom. The van der Waals surface area contributed by atoms with Crippen molar-refractivity contribution >= 4 is 25.9 Å². The van der Waals surface area contributed by atoms with Crippen LogP contribution in [0.3, 0.4) is 0 Å². The van der Waals surface area contributed by atoms with Gasteiger partial charge in [0.1, 0.15) is 0 Å². The van der Waals surface area contributed by atoms with Gasteiger partial charge in [-0.3, -0.25) is 0 Å². The molecule has 3 nitrogen and oxygen atoms in total. The number of rotatable bonds is 3. The summed E-state index contributed by atoms with van der Waals surface area (Å²) < 4.78 is 2.32. The van der Waals surface area contributed by atoms with Crippen LogP contribution in [-0.2, 0) is 0 Å². The van der Waals surface area contributed by atoms with Crippen molar-refractivity contribution in [3.05, 3.63) is 18.3 Å². The molecule has 0 radical (unpaired) electrons. The first-order chi connectivity index (χ1) is 7.77. The quantitative estimate of drug-likeness (QED) is 0.812. The normalized spacial score (nSPS) is 17.6. The van der Waals surface area contributed by atoms with Crippen LogP contribution in [0.1, 0.15) is 13.8 Å². The van der Waals surface area contributed by atoms with E-state index in [1.54, 1.807) is 0 Å². The molecule has 0 saturated carbocycles. The van der Waals surface area contributed by atoms with Gasteiger partial charge in [-0.2, -0.15) is 0 Å². The van der Waals surface area contributed by atoms with Crippen molar-refractivity contribution in [2.75, 3.05) is 31.1 Å². The third kappa shape index (κ3) is 2.99. The van der Waals surface area contributed by atoms with Crippen LogP contribution in [0.25, 0.3) is 0 Å². The van der Waals surface area contributed by atoms with E-state index in [1.807, 2.05) is 6.20 Å². The molecule has 0 aromatic carbocycles. The van der Waals surface area contributed by atoms with Crippen molar-refractivity contribution < 1.29 is 0 Å². The Bertz CT molecular complexity index is 335. The van der Waals surface area contributed by atoms with E-state index < -0.39 is 0 Å². The summed E-state index contributed by atoms with van der Waals surface area (Å²) >= 11 is -0.0458. The van der Waals surface area contributed by atoms with E-state index in [4.69, 9.17) is 0 Å². The molecule has 1 aromatic heterocycles. The monoisotopic (exact) mass is 281 g/mol. The second kappa shape index (κ2) is 5.69. The number of anilines is 1. The van der Waals surface area contributed by atoms with Crippen molar-refractivity contribution in [3.63, 3.8) is 0 Å². The van der Waals surface area contributed by atoms with E-state index in [0.717, 1.165) is 30.9 Å². The number of piperazine rings is 1. The van der Waals surface area contributed by atoms with Crippen molar-refractivity contribution in [3.8, 4) is 0 Å². The van der Waals surface area contributed by atoms with Crippen molar-refractivity contribution in [2.45, 2.75) is 18.6 Å². The summed E-state index contributed by atoms with van der Waals surface area (Å²) in [7, 11) is 0. The van der Waals surface area contributed by atoms with Gasteiger partial charge < -0.3 is 0 Å². The fraction of sp³-hybridized carbons (Fsp3) is 0.583. The zero-order chi connectivity index (χ0) is 11.4. The molecule has 1 atom stereocenters. The van der Waals surface area contributed by atoms with E-state index in [0.29, 0.717) is 0 Å². The standard InChI is InChI=1S/C12H20AsN3/c1-10(2)13-11-4-3-5-15-12(11)16-8-6-14-7-9-16/h3-5,10,13-14H,6-9H2,1-2H3. The topological polar surface area (TPSA) is 28.2 Å². The van der Waals surface area contributed by atoms with E-state index in [2.05, 4.69) is 41.2 Å². The van der Waals surface area contributed by atoms with Gasteiger partial charge >= 0.3 is 104 Å². The molecule has 16 heavy (non-hydrogen) atoms. The predicted molar refractivity (Wildman–Crippen MR) is 71.2 cm³/mol. The van der Waals surface area contributed by atoms with E-state index >= 15 is 0 Å². The van der Waals surface area contributed by atoms with Crippen LogP contribution in [0.2, 0.25) is 4.71 Å². The Morgan fingerprint density at radius 1 is 1.38 bits per heavy atom. The molecular weight excluding hydrogens is 261 g/mol. The molecule has 1 aliphatic heterocycles. The first-order valence-corrected chi connectivity index (χ1v) is 8.20. The molecule has 0 bridgehead atoms. The molecule has 1 fully saturated rings. The first-order valence-electron chi connectivity index (χ1n) is 5.94. The van der Waals surface area contributed by atoms with E-state index in [1.165, 1.54) is 10.2 Å². The SMILES string of the molecule is CC(C)[AsH]c1cccnc1N1CCNCC1. The Morgan fingerprint density at radius 2 is 2.12 bits per heavy atom. The Labute approximate surface area is 104 Å². The molecule has 2 heterocycles. The molecule has 0 aliphatic carbocycles. The molecule has 1 saturated heterocycles. The maximum absolute atomic E-state index is 4.58. The molecule has 0 amide bonds. The molecule has 2 rings (SSSR count). The summed E-state index contributed by atoms with van der Waals surface area (Å²) in [6, 6.07) is 4.34. The summed E-state index contributed by atoms with van der Waals surface area (Å²) in [6.07, 6.45) is 1.92. The zero-order valence-corrected chi connectivity index (χ0v) is 12.1. The molecule has 4 heteroatoms. The second-order valence-corrected chi connectivity index (χ2v) is 8.57. The van der Waals surface area contributed by atoms with Crippen LogP contribution >= 0.6 is 0 Å². The minimum absolute atomic E-state index is 0.0458. The summed E-state index contributed by atoms with van der Waals surface area (Å²) in [5, 5.41) is 3.39. The molecule has 1 N–H and O–H groups in total. The van der Waals surface area contributed by atoms with Crippen LogP contribution in [0.5, 0.6) is 0 Å². The van der Waals surface area contributed by atoms with Gasteiger partial charge in [0.05, 0.1) is 0 Å². The summed E-state index contributed by atoms with van der Waals surface area (Å²) in [4.78, 5) is 7.01. The third-order valence-electron chi connectivity index (χ3n) is 2.65. The number of pyridine rings is 1. The molecule has 1 aromatic rings. The minimum atomic E-state index is -0.0458. The van der Waals surface area contributed by atoms with Gasteiger partial charge in [-0.1, -0.05) is 0 Å². The fourth-order valence-corrected chi connectivity index (χ4v) is 4.40. The Balaban J connectivity index is 2.17. The average Bonchev–Trinajstić information content (AvgIpc) is 2.30. The molecule has 1 aliphatic rings. The molecule has 0 spiro atoms. The van der Waals surface area contributed by atoms with Gasteiger partial charge in [0.2, 0.25) is 0 Å². The van der Waals surface area contributed by atoms with Gasteiger partial charge in [0, 0.05) is 0 Å². The summed E-state index contributed by atoms with van der Waals surface area (Å²) in [6.45, 7) is 8.97. The van der Waals surface area contributed by atoms with Gasteiger partial charge in [0.25, 0.3) is 0 Å².